The number of rotatable bonds is 5. The second-order valence-corrected chi connectivity index (χ2v) is 5.49. The highest BCUT2D eigenvalue weighted by molar-refractivity contribution is 5.25. The molecule has 0 aliphatic heterocycles. The van der Waals surface area contributed by atoms with E-state index in [1.165, 1.54) is 5.56 Å². The number of hydrogen-bond donors (Lipinski definition) is 1. The Labute approximate surface area is 99.5 Å². The fraction of sp³-hybridized carbons (Fsp3) is 0.600. The summed E-state index contributed by atoms with van der Waals surface area (Å²) in [5.41, 5.74) is 2.39. The molecule has 1 rings (SSSR count). The first-order chi connectivity index (χ1) is 7.49. The molecule has 1 heteroatoms. The Hall–Kier alpha value is -0.820. The summed E-state index contributed by atoms with van der Waals surface area (Å²) in [7, 11) is 0. The van der Waals surface area contributed by atoms with Crippen LogP contribution in [-0.2, 0) is 6.42 Å². The van der Waals surface area contributed by atoms with Crippen LogP contribution < -0.4 is 0 Å². The molecule has 1 aromatic rings. The first-order valence-corrected chi connectivity index (χ1v) is 6.26. The van der Waals surface area contributed by atoms with Crippen molar-refractivity contribution in [1.29, 1.82) is 0 Å². The molecule has 1 atom stereocenters. The topological polar surface area (TPSA) is 20.2 Å². The molecule has 90 valence electrons. The van der Waals surface area contributed by atoms with Crippen molar-refractivity contribution in [2.45, 2.75) is 46.6 Å². The minimum atomic E-state index is -0.313. The van der Waals surface area contributed by atoms with Crippen molar-refractivity contribution in [2.75, 3.05) is 0 Å². The predicted octanol–water partition coefficient (Wildman–Crippen LogP) is 3.96. The number of hydrogen-bond acceptors (Lipinski definition) is 1. The zero-order valence-corrected chi connectivity index (χ0v) is 10.9. The molecule has 1 aromatic carbocycles. The lowest BCUT2D eigenvalue weighted by Gasteiger charge is -2.15. The van der Waals surface area contributed by atoms with Crippen LogP contribution in [0.15, 0.2) is 24.3 Å². The maximum absolute atomic E-state index is 10.0. The van der Waals surface area contributed by atoms with Gasteiger partial charge in [0.2, 0.25) is 0 Å². The summed E-state index contributed by atoms with van der Waals surface area (Å²) in [5.74, 6) is 1.20. The van der Waals surface area contributed by atoms with Crippen LogP contribution in [0.4, 0.5) is 0 Å². The van der Waals surface area contributed by atoms with Gasteiger partial charge in [-0.05, 0) is 35.8 Å². The molecule has 1 N–H and O–H groups in total. The lowest BCUT2D eigenvalue weighted by atomic mass is 9.95. The first-order valence-electron chi connectivity index (χ1n) is 6.26. The summed E-state index contributed by atoms with van der Waals surface area (Å²) in [6.45, 7) is 8.72. The molecule has 0 saturated carbocycles. The fourth-order valence-electron chi connectivity index (χ4n) is 1.98. The molecule has 1 nitrogen and oxygen atoms in total. The highest BCUT2D eigenvalue weighted by Gasteiger charge is 2.10. The van der Waals surface area contributed by atoms with Crippen LogP contribution in [0.2, 0.25) is 0 Å². The van der Waals surface area contributed by atoms with Gasteiger partial charge in [-0.1, -0.05) is 52.0 Å². The molecule has 0 spiro atoms. The van der Waals surface area contributed by atoms with Crippen LogP contribution in [0.3, 0.4) is 0 Å². The van der Waals surface area contributed by atoms with Crippen molar-refractivity contribution in [1.82, 2.24) is 0 Å². The van der Waals surface area contributed by atoms with E-state index >= 15 is 0 Å². The molecule has 0 heterocycles. The quantitative estimate of drug-likeness (QED) is 0.796. The van der Waals surface area contributed by atoms with Crippen molar-refractivity contribution in [3.05, 3.63) is 35.4 Å². The van der Waals surface area contributed by atoms with Gasteiger partial charge in [-0.25, -0.2) is 0 Å². The Morgan fingerprint density at radius 1 is 1.06 bits per heavy atom. The molecular formula is C15H24O. The molecule has 0 aromatic heterocycles. The second-order valence-electron chi connectivity index (χ2n) is 5.49. The zero-order chi connectivity index (χ0) is 12.1. The van der Waals surface area contributed by atoms with Gasteiger partial charge in [0.05, 0.1) is 6.10 Å². The normalized spacial score (nSPS) is 13.4. The van der Waals surface area contributed by atoms with Gasteiger partial charge >= 0.3 is 0 Å². The molecule has 1 unspecified atom stereocenters. The fourth-order valence-corrected chi connectivity index (χ4v) is 1.98. The Kier molecular flexibility index (Phi) is 5.01. The van der Waals surface area contributed by atoms with Gasteiger partial charge in [-0.3, -0.25) is 0 Å². The van der Waals surface area contributed by atoms with E-state index in [9.17, 15) is 5.11 Å². The van der Waals surface area contributed by atoms with Crippen LogP contribution in [0.5, 0.6) is 0 Å². The third-order valence-electron chi connectivity index (χ3n) is 2.67. The van der Waals surface area contributed by atoms with E-state index in [-0.39, 0.29) is 6.10 Å². The van der Waals surface area contributed by atoms with Crippen LogP contribution in [0.1, 0.15) is 51.3 Å². The summed E-state index contributed by atoms with van der Waals surface area (Å²) in [5, 5.41) is 10.0. The lowest BCUT2D eigenvalue weighted by molar-refractivity contribution is 0.151. The summed E-state index contributed by atoms with van der Waals surface area (Å²) >= 11 is 0. The van der Waals surface area contributed by atoms with Crippen LogP contribution in [0, 0.1) is 11.8 Å². The molecule has 0 aliphatic carbocycles. The Bertz CT molecular complexity index is 315. The van der Waals surface area contributed by atoms with E-state index in [0.717, 1.165) is 18.4 Å². The lowest BCUT2D eigenvalue weighted by Crippen LogP contribution is -2.03. The highest BCUT2D eigenvalue weighted by atomic mass is 16.3. The second kappa shape index (κ2) is 6.05. The molecule has 0 fully saturated rings. The summed E-state index contributed by atoms with van der Waals surface area (Å²) in [6.07, 6.45) is 1.61. The zero-order valence-electron chi connectivity index (χ0n) is 10.9. The van der Waals surface area contributed by atoms with Gasteiger partial charge in [0.1, 0.15) is 0 Å². The average Bonchev–Trinajstić information content (AvgIpc) is 2.16. The summed E-state index contributed by atoms with van der Waals surface area (Å²) < 4.78 is 0. The molecule has 16 heavy (non-hydrogen) atoms. The van der Waals surface area contributed by atoms with Crippen LogP contribution in [0.25, 0.3) is 0 Å². The minimum absolute atomic E-state index is 0.313. The van der Waals surface area contributed by atoms with E-state index in [2.05, 4.69) is 45.9 Å². The van der Waals surface area contributed by atoms with Gasteiger partial charge in [0, 0.05) is 0 Å². The van der Waals surface area contributed by atoms with Crippen molar-refractivity contribution >= 4 is 0 Å². The van der Waals surface area contributed by atoms with Crippen molar-refractivity contribution in [3.63, 3.8) is 0 Å². The molecule has 0 aliphatic rings. The van der Waals surface area contributed by atoms with Crippen molar-refractivity contribution in [2.24, 2.45) is 11.8 Å². The van der Waals surface area contributed by atoms with Gasteiger partial charge in [0.25, 0.3) is 0 Å². The van der Waals surface area contributed by atoms with Crippen LogP contribution in [-0.4, -0.2) is 5.11 Å². The third kappa shape index (κ3) is 4.36. The predicted molar refractivity (Wildman–Crippen MR) is 69.4 cm³/mol. The van der Waals surface area contributed by atoms with E-state index in [1.54, 1.807) is 0 Å². The largest absolute Gasteiger partial charge is 0.388 e. The molecular weight excluding hydrogens is 196 g/mol. The van der Waals surface area contributed by atoms with E-state index in [4.69, 9.17) is 0 Å². The highest BCUT2D eigenvalue weighted by Crippen LogP contribution is 2.22. The Morgan fingerprint density at radius 2 is 1.75 bits per heavy atom. The van der Waals surface area contributed by atoms with E-state index < -0.39 is 0 Å². The SMILES string of the molecule is CC(C)Cc1cccc(C(O)CC(C)C)c1. The molecule has 0 radical (unpaired) electrons. The standard InChI is InChI=1S/C15H24O/c1-11(2)8-13-6-5-7-14(10-13)15(16)9-12(3)4/h5-7,10-12,15-16H,8-9H2,1-4H3. The first kappa shape index (κ1) is 13.2. The average molecular weight is 220 g/mol. The van der Waals surface area contributed by atoms with Gasteiger partial charge in [0.15, 0.2) is 0 Å². The molecule has 0 amide bonds. The number of aliphatic hydroxyl groups excluding tert-OH is 1. The Balaban J connectivity index is 2.73. The minimum Gasteiger partial charge on any atom is -0.388 e. The summed E-state index contributed by atoms with van der Waals surface area (Å²) in [6, 6.07) is 8.37. The monoisotopic (exact) mass is 220 g/mol. The van der Waals surface area contributed by atoms with E-state index in [1.807, 2.05) is 6.07 Å². The maximum Gasteiger partial charge on any atom is 0.0792 e. The Morgan fingerprint density at radius 3 is 2.31 bits per heavy atom. The van der Waals surface area contributed by atoms with Crippen molar-refractivity contribution < 1.29 is 5.11 Å². The van der Waals surface area contributed by atoms with Gasteiger partial charge in [-0.2, -0.15) is 0 Å². The van der Waals surface area contributed by atoms with Gasteiger partial charge < -0.3 is 5.11 Å². The smallest absolute Gasteiger partial charge is 0.0792 e. The third-order valence-corrected chi connectivity index (χ3v) is 2.67. The number of aliphatic hydroxyl groups is 1. The molecule has 0 bridgehead atoms. The summed E-state index contributed by atoms with van der Waals surface area (Å²) in [4.78, 5) is 0. The van der Waals surface area contributed by atoms with Gasteiger partial charge in [-0.15, -0.1) is 0 Å². The van der Waals surface area contributed by atoms with Crippen molar-refractivity contribution in [3.8, 4) is 0 Å². The van der Waals surface area contributed by atoms with Crippen LogP contribution >= 0.6 is 0 Å². The van der Waals surface area contributed by atoms with E-state index in [0.29, 0.717) is 11.8 Å². The number of benzene rings is 1. The molecule has 0 saturated heterocycles. The maximum atomic E-state index is 10.0.